The average molecular weight is 355 g/mol. The monoisotopic (exact) mass is 354 g/mol. The first-order chi connectivity index (χ1) is 10.5. The van der Waals surface area contributed by atoms with E-state index < -0.39 is 29.1 Å². The minimum atomic E-state index is -6.01. The van der Waals surface area contributed by atoms with Gasteiger partial charge in [0.25, 0.3) is 5.60 Å². The van der Waals surface area contributed by atoms with Crippen LogP contribution in [0.25, 0.3) is 11.1 Å². The Hall–Kier alpha value is -1.80. The van der Waals surface area contributed by atoms with Gasteiger partial charge in [-0.2, -0.15) is 26.3 Å². The topological polar surface area (TPSA) is 33.1 Å². The van der Waals surface area contributed by atoms with Gasteiger partial charge in [-0.1, -0.05) is 29.8 Å². The lowest BCUT2D eigenvalue weighted by molar-refractivity contribution is -0.376. The molecule has 2 aromatic rings. The van der Waals surface area contributed by atoms with Gasteiger partial charge >= 0.3 is 12.4 Å². The van der Waals surface area contributed by atoms with Gasteiger partial charge in [0.15, 0.2) is 0 Å². The molecule has 0 unspecified atom stereocenters. The van der Waals surface area contributed by atoms with Crippen molar-refractivity contribution in [1.82, 2.24) is 4.98 Å². The Bertz CT molecular complexity index is 699. The highest BCUT2D eigenvalue weighted by atomic mass is 35.5. The molecule has 0 bridgehead atoms. The molecule has 0 fully saturated rings. The molecule has 1 radical (unpaired) electrons. The number of benzene rings is 1. The van der Waals surface area contributed by atoms with E-state index in [0.717, 1.165) is 12.1 Å². The van der Waals surface area contributed by atoms with E-state index >= 15 is 0 Å². The molecule has 2 nitrogen and oxygen atoms in total. The van der Waals surface area contributed by atoms with Gasteiger partial charge in [-0.3, -0.25) is 0 Å². The van der Waals surface area contributed by atoms with E-state index in [1.54, 1.807) is 0 Å². The molecule has 0 saturated heterocycles. The summed E-state index contributed by atoms with van der Waals surface area (Å²) in [6.07, 6.45) is -10.8. The summed E-state index contributed by atoms with van der Waals surface area (Å²) >= 11 is 5.74. The Kier molecular flexibility index (Phi) is 4.34. The molecule has 0 aliphatic rings. The van der Waals surface area contributed by atoms with Crippen LogP contribution in [0.1, 0.15) is 5.56 Å². The summed E-state index contributed by atoms with van der Waals surface area (Å²) in [6.45, 7) is 0. The fourth-order valence-electron chi connectivity index (χ4n) is 1.99. The van der Waals surface area contributed by atoms with Crippen LogP contribution in [0.2, 0.25) is 5.15 Å². The number of hydrogen-bond donors (Lipinski definition) is 1. The van der Waals surface area contributed by atoms with Crippen LogP contribution < -0.4 is 0 Å². The van der Waals surface area contributed by atoms with Gasteiger partial charge in [-0.05, 0) is 23.8 Å². The van der Waals surface area contributed by atoms with Crippen molar-refractivity contribution in [1.29, 1.82) is 0 Å². The van der Waals surface area contributed by atoms with E-state index in [1.165, 1.54) is 24.4 Å². The zero-order chi connectivity index (χ0) is 17.5. The highest BCUT2D eigenvalue weighted by Gasteiger charge is 2.72. The van der Waals surface area contributed by atoms with Crippen LogP contribution in [0, 0.1) is 6.07 Å². The molecule has 0 atom stereocenters. The maximum atomic E-state index is 13.0. The highest BCUT2D eigenvalue weighted by Crippen LogP contribution is 2.52. The van der Waals surface area contributed by atoms with E-state index in [2.05, 4.69) is 4.98 Å². The van der Waals surface area contributed by atoms with Gasteiger partial charge in [-0.25, -0.2) is 4.98 Å². The van der Waals surface area contributed by atoms with Gasteiger partial charge < -0.3 is 5.11 Å². The van der Waals surface area contributed by atoms with E-state index in [1.807, 2.05) is 6.07 Å². The third-order valence-electron chi connectivity index (χ3n) is 3.09. The van der Waals surface area contributed by atoms with Crippen molar-refractivity contribution in [2.75, 3.05) is 0 Å². The smallest absolute Gasteiger partial charge is 0.369 e. The van der Waals surface area contributed by atoms with Crippen molar-refractivity contribution in [3.8, 4) is 11.1 Å². The first kappa shape index (κ1) is 17.6. The summed E-state index contributed by atoms with van der Waals surface area (Å²) in [6, 6.07) is 7.30. The lowest BCUT2D eigenvalue weighted by Gasteiger charge is -2.33. The second-order valence-electron chi connectivity index (χ2n) is 4.51. The molecule has 2 rings (SSSR count). The molecule has 1 aromatic heterocycles. The van der Waals surface area contributed by atoms with E-state index in [-0.39, 0.29) is 10.7 Å². The van der Waals surface area contributed by atoms with Gasteiger partial charge in [0, 0.05) is 17.3 Å². The number of aliphatic hydroxyl groups is 1. The normalized spacial score (nSPS) is 13.2. The maximum absolute atomic E-state index is 13.0. The Balaban J connectivity index is 2.81. The molecule has 9 heteroatoms. The Morgan fingerprint density at radius 3 is 2.04 bits per heavy atom. The lowest BCUT2D eigenvalue weighted by Crippen LogP contribution is -2.54. The molecule has 0 saturated carbocycles. The fraction of sp³-hybridized carbons (Fsp3) is 0.214. The third kappa shape index (κ3) is 2.88. The molecule has 1 N–H and O–H groups in total. The summed E-state index contributed by atoms with van der Waals surface area (Å²) in [5, 5.41) is 9.24. The van der Waals surface area contributed by atoms with Crippen LogP contribution in [0.3, 0.4) is 0 Å². The van der Waals surface area contributed by atoms with Crippen LogP contribution in [0.15, 0.2) is 36.5 Å². The summed E-state index contributed by atoms with van der Waals surface area (Å²) < 4.78 is 78.3. The van der Waals surface area contributed by atoms with Gasteiger partial charge in [-0.15, -0.1) is 0 Å². The first-order valence-corrected chi connectivity index (χ1v) is 6.36. The first-order valence-electron chi connectivity index (χ1n) is 5.98. The molecule has 0 aliphatic heterocycles. The van der Waals surface area contributed by atoms with Crippen LogP contribution in [0.5, 0.6) is 0 Å². The number of pyridine rings is 1. The van der Waals surface area contributed by atoms with Crippen molar-refractivity contribution < 1.29 is 31.4 Å². The second kappa shape index (κ2) is 5.68. The zero-order valence-corrected chi connectivity index (χ0v) is 11.8. The quantitative estimate of drug-likeness (QED) is 0.635. The number of alkyl halides is 6. The van der Waals surface area contributed by atoms with Gasteiger partial charge in [0.2, 0.25) is 0 Å². The number of aromatic nitrogens is 1. The van der Waals surface area contributed by atoms with Gasteiger partial charge in [0.1, 0.15) is 5.15 Å². The highest BCUT2D eigenvalue weighted by molar-refractivity contribution is 6.32. The average Bonchev–Trinajstić information content (AvgIpc) is 2.44. The predicted molar refractivity (Wildman–Crippen MR) is 69.5 cm³/mol. The number of rotatable bonds is 2. The van der Waals surface area contributed by atoms with Crippen LogP contribution in [0.4, 0.5) is 26.3 Å². The minimum absolute atomic E-state index is 0.187. The van der Waals surface area contributed by atoms with Crippen molar-refractivity contribution in [2.24, 2.45) is 0 Å². The SMILES string of the molecule is OC(c1[c]cccc1-c1cccnc1Cl)(C(F)(F)F)C(F)(F)F. The molecule has 123 valence electrons. The molecular formula is C14H7ClF6NO. The Morgan fingerprint density at radius 2 is 1.52 bits per heavy atom. The van der Waals surface area contributed by atoms with Crippen molar-refractivity contribution in [2.45, 2.75) is 18.0 Å². The van der Waals surface area contributed by atoms with Crippen LogP contribution >= 0.6 is 11.6 Å². The largest absolute Gasteiger partial charge is 0.430 e. The van der Waals surface area contributed by atoms with E-state index in [9.17, 15) is 31.4 Å². The maximum Gasteiger partial charge on any atom is 0.430 e. The predicted octanol–water partition coefficient (Wildman–Crippen LogP) is 4.51. The summed E-state index contributed by atoms with van der Waals surface area (Å²) in [7, 11) is 0. The summed E-state index contributed by atoms with van der Waals surface area (Å²) in [5.74, 6) is 0. The van der Waals surface area contributed by atoms with Crippen molar-refractivity contribution in [3.63, 3.8) is 0 Å². The molecule has 0 amide bonds. The van der Waals surface area contributed by atoms with Gasteiger partial charge in [0.05, 0.1) is 0 Å². The lowest BCUT2D eigenvalue weighted by atomic mass is 9.86. The van der Waals surface area contributed by atoms with E-state index in [4.69, 9.17) is 11.6 Å². The Labute approximate surface area is 131 Å². The Morgan fingerprint density at radius 1 is 0.957 bits per heavy atom. The molecule has 23 heavy (non-hydrogen) atoms. The van der Waals surface area contributed by atoms with Crippen molar-refractivity contribution in [3.05, 3.63) is 53.3 Å². The number of halogens is 7. The number of nitrogens with zero attached hydrogens (tertiary/aromatic N) is 1. The summed E-state index contributed by atoms with van der Waals surface area (Å²) in [4.78, 5) is 3.61. The minimum Gasteiger partial charge on any atom is -0.369 e. The zero-order valence-electron chi connectivity index (χ0n) is 11.0. The van der Waals surface area contributed by atoms with Crippen molar-refractivity contribution >= 4 is 11.6 Å². The molecular weight excluding hydrogens is 348 g/mol. The second-order valence-corrected chi connectivity index (χ2v) is 4.86. The van der Waals surface area contributed by atoms with Crippen LogP contribution in [-0.4, -0.2) is 22.4 Å². The molecule has 1 heterocycles. The molecule has 1 aromatic carbocycles. The van der Waals surface area contributed by atoms with E-state index in [0.29, 0.717) is 0 Å². The third-order valence-corrected chi connectivity index (χ3v) is 3.39. The fourth-order valence-corrected chi connectivity index (χ4v) is 2.21. The standard InChI is InChI=1S/C14H7ClF6NO/c15-11-9(5-3-7-22-11)8-4-1-2-6-10(8)12(23,13(16,17)18)14(19,20)21/h1-5,7,23H. The molecule has 0 aliphatic carbocycles. The number of hydrogen-bond acceptors (Lipinski definition) is 2. The van der Waals surface area contributed by atoms with Crippen LogP contribution in [-0.2, 0) is 5.60 Å². The molecule has 0 spiro atoms. The summed E-state index contributed by atoms with van der Waals surface area (Å²) in [5.41, 5.74) is -7.33.